The molecule has 3 nitrogen and oxygen atoms in total. The zero-order valence-corrected chi connectivity index (χ0v) is 10.5. The molecule has 0 saturated heterocycles. The molecule has 0 N–H and O–H groups in total. The van der Waals surface area contributed by atoms with Crippen LogP contribution in [0.1, 0.15) is 25.3 Å². The molecule has 0 aliphatic carbocycles. The minimum absolute atomic E-state index is 0.396. The van der Waals surface area contributed by atoms with Gasteiger partial charge in [-0.05, 0) is 23.6 Å². The van der Waals surface area contributed by atoms with E-state index in [1.165, 1.54) is 10.2 Å². The maximum Gasteiger partial charge on any atom is 0.236 e. The van der Waals surface area contributed by atoms with E-state index in [1.54, 1.807) is 6.20 Å². The van der Waals surface area contributed by atoms with E-state index in [9.17, 15) is 8.42 Å². The van der Waals surface area contributed by atoms with Crippen LogP contribution in [0, 0.1) is 0 Å². The van der Waals surface area contributed by atoms with Crippen molar-refractivity contribution in [1.29, 1.82) is 0 Å². The van der Waals surface area contributed by atoms with Crippen molar-refractivity contribution in [2.45, 2.75) is 19.8 Å². The van der Waals surface area contributed by atoms with Gasteiger partial charge >= 0.3 is 0 Å². The average Bonchev–Trinajstić information content (AvgIpc) is 2.58. The van der Waals surface area contributed by atoms with Gasteiger partial charge in [0.2, 0.25) is 10.0 Å². The smallest absolute Gasteiger partial charge is 0.236 e. The fourth-order valence-corrected chi connectivity index (χ4v) is 2.57. The molecule has 0 spiro atoms. The second-order valence-corrected chi connectivity index (χ2v) is 6.21. The molecular weight excluding hydrogens is 222 g/mol. The fourth-order valence-electron chi connectivity index (χ4n) is 1.77. The fraction of sp³-hybridized carbons (Fsp3) is 0.333. The summed E-state index contributed by atoms with van der Waals surface area (Å²) in [6.45, 7) is 4.18. The highest BCUT2D eigenvalue weighted by molar-refractivity contribution is 7.89. The van der Waals surface area contributed by atoms with E-state index in [1.807, 2.05) is 24.3 Å². The van der Waals surface area contributed by atoms with E-state index in [-0.39, 0.29) is 0 Å². The van der Waals surface area contributed by atoms with Crippen LogP contribution < -0.4 is 0 Å². The van der Waals surface area contributed by atoms with Gasteiger partial charge in [0.05, 0.1) is 11.8 Å². The van der Waals surface area contributed by atoms with Crippen LogP contribution in [0.3, 0.4) is 0 Å². The van der Waals surface area contributed by atoms with Gasteiger partial charge in [0.15, 0.2) is 0 Å². The van der Waals surface area contributed by atoms with E-state index in [0.29, 0.717) is 5.92 Å². The van der Waals surface area contributed by atoms with E-state index < -0.39 is 10.0 Å². The normalized spacial score (nSPS) is 12.5. The standard InChI is InChI=1S/C12H15NO2S/c1-9(2)11-5-4-10-6-7-13(12(10)8-11)16(3,14)15/h4-9H,1-3H3. The van der Waals surface area contributed by atoms with Gasteiger partial charge in [-0.3, -0.25) is 0 Å². The van der Waals surface area contributed by atoms with Crippen LogP contribution in [-0.2, 0) is 10.0 Å². The highest BCUT2D eigenvalue weighted by atomic mass is 32.2. The third kappa shape index (κ3) is 1.85. The lowest BCUT2D eigenvalue weighted by Gasteiger charge is -2.07. The van der Waals surface area contributed by atoms with Gasteiger partial charge in [0, 0.05) is 11.6 Å². The largest absolute Gasteiger partial charge is 0.245 e. The van der Waals surface area contributed by atoms with Gasteiger partial charge < -0.3 is 0 Å². The summed E-state index contributed by atoms with van der Waals surface area (Å²) in [4.78, 5) is 0. The van der Waals surface area contributed by atoms with Crippen molar-refractivity contribution in [2.24, 2.45) is 0 Å². The average molecular weight is 237 g/mol. The minimum Gasteiger partial charge on any atom is -0.245 e. The first-order valence-corrected chi connectivity index (χ1v) is 7.06. The molecule has 0 saturated carbocycles. The molecule has 0 bridgehead atoms. The van der Waals surface area contributed by atoms with E-state index in [0.717, 1.165) is 16.5 Å². The van der Waals surface area contributed by atoms with Crippen LogP contribution in [0.15, 0.2) is 30.5 Å². The molecular formula is C12H15NO2S. The third-order valence-electron chi connectivity index (χ3n) is 2.71. The predicted molar refractivity (Wildman–Crippen MR) is 66.3 cm³/mol. The molecule has 16 heavy (non-hydrogen) atoms. The summed E-state index contributed by atoms with van der Waals surface area (Å²) in [6.07, 6.45) is 2.82. The lowest BCUT2D eigenvalue weighted by molar-refractivity contribution is 0.595. The Kier molecular flexibility index (Phi) is 2.54. The molecule has 0 atom stereocenters. The summed E-state index contributed by atoms with van der Waals surface area (Å²) in [5.41, 5.74) is 1.91. The zero-order chi connectivity index (χ0) is 11.9. The van der Waals surface area contributed by atoms with Crippen molar-refractivity contribution in [3.05, 3.63) is 36.0 Å². The van der Waals surface area contributed by atoms with Gasteiger partial charge in [-0.1, -0.05) is 26.0 Å². The second kappa shape index (κ2) is 3.63. The highest BCUT2D eigenvalue weighted by Crippen LogP contribution is 2.23. The molecule has 4 heteroatoms. The molecule has 0 unspecified atom stereocenters. The lowest BCUT2D eigenvalue weighted by Crippen LogP contribution is -2.08. The minimum atomic E-state index is -3.21. The first-order chi connectivity index (χ1) is 7.39. The quantitative estimate of drug-likeness (QED) is 0.805. The van der Waals surface area contributed by atoms with Gasteiger partial charge in [-0.2, -0.15) is 0 Å². The maximum atomic E-state index is 11.6. The van der Waals surface area contributed by atoms with Crippen molar-refractivity contribution >= 4 is 20.9 Å². The number of rotatable bonds is 2. The van der Waals surface area contributed by atoms with Gasteiger partial charge in [-0.25, -0.2) is 12.4 Å². The molecule has 1 aromatic heterocycles. The van der Waals surface area contributed by atoms with Crippen molar-refractivity contribution in [1.82, 2.24) is 3.97 Å². The topological polar surface area (TPSA) is 39.1 Å². The van der Waals surface area contributed by atoms with E-state index in [4.69, 9.17) is 0 Å². The third-order valence-corrected chi connectivity index (χ3v) is 3.74. The lowest BCUT2D eigenvalue weighted by atomic mass is 10.0. The molecule has 2 rings (SSSR count). The molecule has 0 amide bonds. The molecule has 0 aliphatic rings. The van der Waals surface area contributed by atoms with Crippen LogP contribution in [0.2, 0.25) is 0 Å². The van der Waals surface area contributed by atoms with Gasteiger partial charge in [0.25, 0.3) is 0 Å². The second-order valence-electron chi connectivity index (χ2n) is 4.35. The monoisotopic (exact) mass is 237 g/mol. The number of benzene rings is 1. The van der Waals surface area contributed by atoms with Crippen molar-refractivity contribution in [3.8, 4) is 0 Å². The van der Waals surface area contributed by atoms with Crippen molar-refractivity contribution < 1.29 is 8.42 Å². The number of hydrogen-bond acceptors (Lipinski definition) is 2. The highest BCUT2D eigenvalue weighted by Gasteiger charge is 2.10. The summed E-state index contributed by atoms with van der Waals surface area (Å²) in [7, 11) is -3.21. The molecule has 0 aliphatic heterocycles. The zero-order valence-electron chi connectivity index (χ0n) is 9.64. The van der Waals surface area contributed by atoms with Crippen LogP contribution in [0.5, 0.6) is 0 Å². The summed E-state index contributed by atoms with van der Waals surface area (Å²) >= 11 is 0. The molecule has 0 fully saturated rings. The Balaban J connectivity index is 2.75. The molecule has 0 radical (unpaired) electrons. The number of nitrogens with zero attached hydrogens (tertiary/aromatic N) is 1. The Morgan fingerprint density at radius 2 is 1.88 bits per heavy atom. The Hall–Kier alpha value is -1.29. The first-order valence-electron chi connectivity index (χ1n) is 5.21. The van der Waals surface area contributed by atoms with Crippen molar-refractivity contribution in [3.63, 3.8) is 0 Å². The first kappa shape index (κ1) is 11.2. The van der Waals surface area contributed by atoms with Crippen LogP contribution in [0.4, 0.5) is 0 Å². The summed E-state index contributed by atoms with van der Waals surface area (Å²) < 4.78 is 24.4. The van der Waals surface area contributed by atoms with Crippen LogP contribution in [0.25, 0.3) is 10.9 Å². The Labute approximate surface area is 95.8 Å². The number of hydrogen-bond donors (Lipinski definition) is 0. The Morgan fingerprint density at radius 1 is 1.19 bits per heavy atom. The van der Waals surface area contributed by atoms with Crippen molar-refractivity contribution in [2.75, 3.05) is 6.26 Å². The van der Waals surface area contributed by atoms with E-state index >= 15 is 0 Å². The number of aromatic nitrogens is 1. The SMILES string of the molecule is CC(C)c1ccc2ccn(S(C)(=O)=O)c2c1. The summed E-state index contributed by atoms with van der Waals surface area (Å²) in [5, 5.41) is 0.954. The van der Waals surface area contributed by atoms with Gasteiger partial charge in [0.1, 0.15) is 0 Å². The van der Waals surface area contributed by atoms with Gasteiger partial charge in [-0.15, -0.1) is 0 Å². The summed E-state index contributed by atoms with van der Waals surface area (Å²) in [6, 6.07) is 7.77. The molecule has 2 aromatic rings. The van der Waals surface area contributed by atoms with Crippen LogP contribution >= 0.6 is 0 Å². The van der Waals surface area contributed by atoms with E-state index in [2.05, 4.69) is 13.8 Å². The predicted octanol–water partition coefficient (Wildman–Crippen LogP) is 2.57. The number of fused-ring (bicyclic) bond motifs is 1. The Bertz CT molecular complexity index is 624. The van der Waals surface area contributed by atoms with Crippen LogP contribution in [-0.4, -0.2) is 18.6 Å². The molecule has 1 aromatic carbocycles. The summed E-state index contributed by atoms with van der Waals surface area (Å²) in [5.74, 6) is 0.396. The molecule has 86 valence electrons. The maximum absolute atomic E-state index is 11.6. The molecule has 1 heterocycles. The Morgan fingerprint density at radius 3 is 2.44 bits per heavy atom.